The molecule has 5 nitrogen and oxygen atoms in total. The first-order chi connectivity index (χ1) is 15.2. The highest BCUT2D eigenvalue weighted by atomic mass is 16.4. The number of aromatic carboxylic acids is 1. The number of carboxylic acid groups (broad SMARTS) is 1. The molecule has 1 fully saturated rings. The Balaban J connectivity index is 1.21. The van der Waals surface area contributed by atoms with Gasteiger partial charge in [0.15, 0.2) is 0 Å². The molecule has 5 rings (SSSR count). The molecule has 5 heteroatoms. The number of benzene rings is 3. The number of nitrogens with zero attached hydrogens (tertiary/aromatic N) is 2. The number of hydrogen-bond donors (Lipinski definition) is 2. The minimum atomic E-state index is -0.897. The van der Waals surface area contributed by atoms with Crippen molar-refractivity contribution in [2.45, 2.75) is 32.5 Å². The zero-order valence-electron chi connectivity index (χ0n) is 17.3. The van der Waals surface area contributed by atoms with E-state index in [1.807, 2.05) is 18.3 Å². The molecule has 1 aliphatic rings. The lowest BCUT2D eigenvalue weighted by Gasteiger charge is -2.08. The number of nitrogens with one attached hydrogen (secondary N) is 1. The van der Waals surface area contributed by atoms with Crippen LogP contribution in [-0.2, 0) is 19.6 Å². The second-order valence-electron chi connectivity index (χ2n) is 8.35. The molecule has 0 atom stereocenters. The smallest absolute Gasteiger partial charge is 0.335 e. The maximum absolute atomic E-state index is 10.9. The van der Waals surface area contributed by atoms with Crippen molar-refractivity contribution in [3.63, 3.8) is 0 Å². The minimum Gasteiger partial charge on any atom is -0.478 e. The summed E-state index contributed by atoms with van der Waals surface area (Å²) < 4.78 is 2.14. The molecule has 2 N–H and O–H groups in total. The molecule has 0 bridgehead atoms. The lowest BCUT2D eigenvalue weighted by Crippen LogP contribution is -2.12. The molecular formula is C26H25N3O2. The molecule has 0 saturated heterocycles. The largest absolute Gasteiger partial charge is 0.478 e. The molecule has 4 aromatic rings. The highest BCUT2D eigenvalue weighted by Crippen LogP contribution is 2.32. The summed E-state index contributed by atoms with van der Waals surface area (Å²) in [6.45, 7) is 2.49. The highest BCUT2D eigenvalue weighted by Gasteiger charge is 2.22. The highest BCUT2D eigenvalue weighted by molar-refractivity contribution is 5.87. The summed E-state index contributed by atoms with van der Waals surface area (Å²) in [5.41, 5.74) is 6.21. The van der Waals surface area contributed by atoms with Crippen LogP contribution in [-0.4, -0.2) is 20.9 Å². The monoisotopic (exact) mass is 411 g/mol. The van der Waals surface area contributed by atoms with Gasteiger partial charge in [0.25, 0.3) is 0 Å². The fourth-order valence-electron chi connectivity index (χ4n) is 3.89. The van der Waals surface area contributed by atoms with Crippen molar-refractivity contribution in [3.05, 3.63) is 89.6 Å². The van der Waals surface area contributed by atoms with Gasteiger partial charge in [0.1, 0.15) is 0 Å². The Kier molecular flexibility index (Phi) is 5.26. The van der Waals surface area contributed by atoms with Gasteiger partial charge in [0.2, 0.25) is 0 Å². The molecule has 0 aliphatic heterocycles. The first-order valence-electron chi connectivity index (χ1n) is 10.7. The van der Waals surface area contributed by atoms with Crippen LogP contribution in [0.1, 0.15) is 34.3 Å². The summed E-state index contributed by atoms with van der Waals surface area (Å²) in [5.74, 6) is -0.0844. The Morgan fingerprint density at radius 2 is 1.58 bits per heavy atom. The van der Waals surface area contributed by atoms with E-state index in [4.69, 9.17) is 5.11 Å². The van der Waals surface area contributed by atoms with Crippen LogP contribution < -0.4 is 5.32 Å². The standard InChI is InChI=1S/C26H25N3O2/c30-26(31)22-9-5-19(6-10-22)15-27-14-18-3-7-21(8-4-18)23-11-12-25-24(13-23)16-28-29(25)17-20-1-2-20/h3-13,16,20,27H,1-2,14-15,17H2,(H,30,31). The first-order valence-corrected chi connectivity index (χ1v) is 10.7. The fourth-order valence-corrected chi connectivity index (χ4v) is 3.89. The fraction of sp³-hybridized carbons (Fsp3) is 0.231. The molecule has 0 amide bonds. The predicted octanol–water partition coefficient (Wildman–Crippen LogP) is 5.10. The van der Waals surface area contributed by atoms with Crippen molar-refractivity contribution >= 4 is 16.9 Å². The Morgan fingerprint density at radius 3 is 2.23 bits per heavy atom. The van der Waals surface area contributed by atoms with E-state index in [1.165, 1.54) is 40.4 Å². The van der Waals surface area contributed by atoms with Gasteiger partial charge in [-0.3, -0.25) is 4.68 Å². The van der Waals surface area contributed by atoms with E-state index < -0.39 is 5.97 Å². The molecule has 156 valence electrons. The van der Waals surface area contributed by atoms with E-state index in [9.17, 15) is 4.79 Å². The zero-order chi connectivity index (χ0) is 21.2. The van der Waals surface area contributed by atoms with E-state index in [1.54, 1.807) is 12.1 Å². The molecular weight excluding hydrogens is 386 g/mol. The van der Waals surface area contributed by atoms with Crippen molar-refractivity contribution < 1.29 is 9.90 Å². The van der Waals surface area contributed by atoms with Crippen LogP contribution >= 0.6 is 0 Å². The van der Waals surface area contributed by atoms with Gasteiger partial charge in [-0.15, -0.1) is 0 Å². The van der Waals surface area contributed by atoms with Gasteiger partial charge in [-0.2, -0.15) is 5.10 Å². The van der Waals surface area contributed by atoms with Crippen LogP contribution in [0.15, 0.2) is 72.9 Å². The average Bonchev–Trinajstić information content (AvgIpc) is 3.53. The van der Waals surface area contributed by atoms with Gasteiger partial charge in [-0.1, -0.05) is 42.5 Å². The van der Waals surface area contributed by atoms with Gasteiger partial charge in [-0.25, -0.2) is 4.79 Å². The molecule has 1 aliphatic carbocycles. The second kappa shape index (κ2) is 8.36. The van der Waals surface area contributed by atoms with Crippen molar-refractivity contribution in [1.82, 2.24) is 15.1 Å². The van der Waals surface area contributed by atoms with Crippen LogP contribution in [0.2, 0.25) is 0 Å². The molecule has 1 heterocycles. The normalized spacial score (nSPS) is 13.5. The van der Waals surface area contributed by atoms with Gasteiger partial charge >= 0.3 is 5.97 Å². The molecule has 0 unspecified atom stereocenters. The lowest BCUT2D eigenvalue weighted by molar-refractivity contribution is 0.0697. The summed E-state index contributed by atoms with van der Waals surface area (Å²) in [6, 6.07) is 22.2. The third kappa shape index (κ3) is 4.52. The number of carbonyl (C=O) groups is 1. The first kappa shape index (κ1) is 19.5. The van der Waals surface area contributed by atoms with Gasteiger partial charge < -0.3 is 10.4 Å². The molecule has 1 saturated carbocycles. The van der Waals surface area contributed by atoms with Crippen molar-refractivity contribution in [1.29, 1.82) is 0 Å². The lowest BCUT2D eigenvalue weighted by atomic mass is 10.0. The summed E-state index contributed by atoms with van der Waals surface area (Å²) in [4.78, 5) is 10.9. The van der Waals surface area contributed by atoms with Crippen LogP contribution in [0, 0.1) is 5.92 Å². The predicted molar refractivity (Wildman–Crippen MR) is 122 cm³/mol. The van der Waals surface area contributed by atoms with E-state index in [2.05, 4.69) is 57.6 Å². The topological polar surface area (TPSA) is 67.2 Å². The Labute approximate surface area is 181 Å². The van der Waals surface area contributed by atoms with Crippen LogP contribution in [0.5, 0.6) is 0 Å². The Morgan fingerprint density at radius 1 is 0.935 bits per heavy atom. The summed E-state index contributed by atoms with van der Waals surface area (Å²) in [5, 5.41) is 18.2. The van der Waals surface area contributed by atoms with Gasteiger partial charge in [0, 0.05) is 25.0 Å². The maximum atomic E-state index is 10.9. The second-order valence-corrected chi connectivity index (χ2v) is 8.35. The third-order valence-electron chi connectivity index (χ3n) is 5.92. The van der Waals surface area contributed by atoms with E-state index in [0.29, 0.717) is 12.1 Å². The summed E-state index contributed by atoms with van der Waals surface area (Å²) in [7, 11) is 0. The SMILES string of the molecule is O=C(O)c1ccc(CNCc2ccc(-c3ccc4c(cnn4CC4CC4)c3)cc2)cc1. The van der Waals surface area contributed by atoms with Crippen molar-refractivity contribution in [2.75, 3.05) is 0 Å². The zero-order valence-corrected chi connectivity index (χ0v) is 17.3. The van der Waals surface area contributed by atoms with E-state index >= 15 is 0 Å². The molecule has 1 aromatic heterocycles. The number of fused-ring (bicyclic) bond motifs is 1. The summed E-state index contributed by atoms with van der Waals surface area (Å²) in [6.07, 6.45) is 4.64. The van der Waals surface area contributed by atoms with Crippen LogP contribution in [0.3, 0.4) is 0 Å². The van der Waals surface area contributed by atoms with E-state index in [0.717, 1.165) is 24.6 Å². The minimum absolute atomic E-state index is 0.313. The number of rotatable bonds is 8. The number of hydrogen-bond acceptors (Lipinski definition) is 3. The quantitative estimate of drug-likeness (QED) is 0.423. The third-order valence-corrected chi connectivity index (χ3v) is 5.92. The molecule has 0 spiro atoms. The van der Waals surface area contributed by atoms with Crippen molar-refractivity contribution in [3.8, 4) is 11.1 Å². The van der Waals surface area contributed by atoms with Gasteiger partial charge in [-0.05, 0) is 65.3 Å². The van der Waals surface area contributed by atoms with Crippen molar-refractivity contribution in [2.24, 2.45) is 5.92 Å². The number of carboxylic acids is 1. The average molecular weight is 412 g/mol. The Hall–Kier alpha value is -3.44. The Bertz CT molecular complexity index is 1210. The molecule has 3 aromatic carbocycles. The number of aromatic nitrogens is 2. The van der Waals surface area contributed by atoms with Crippen LogP contribution in [0.25, 0.3) is 22.0 Å². The maximum Gasteiger partial charge on any atom is 0.335 e. The molecule has 31 heavy (non-hydrogen) atoms. The van der Waals surface area contributed by atoms with E-state index in [-0.39, 0.29) is 0 Å². The summed E-state index contributed by atoms with van der Waals surface area (Å²) >= 11 is 0. The van der Waals surface area contributed by atoms with Crippen LogP contribution in [0.4, 0.5) is 0 Å². The van der Waals surface area contributed by atoms with Gasteiger partial charge in [0.05, 0.1) is 17.3 Å². The molecule has 0 radical (unpaired) electrons.